The summed E-state index contributed by atoms with van der Waals surface area (Å²) in [5, 5.41) is 0.551. The van der Waals surface area contributed by atoms with Crippen LogP contribution in [0, 0.1) is 0 Å². The Morgan fingerprint density at radius 2 is 2.31 bits per heavy atom. The number of Topliss-reactive ketones (excluding diaryl/α,β-unsaturated/α-hetero) is 1. The van der Waals surface area contributed by atoms with Crippen LogP contribution in [-0.4, -0.2) is 10.8 Å². The highest BCUT2D eigenvalue weighted by atomic mass is 32.2. The minimum atomic E-state index is -0.0369. The first-order chi connectivity index (χ1) is 7.66. The molecule has 0 unspecified atom stereocenters. The van der Waals surface area contributed by atoms with E-state index in [1.807, 2.05) is 6.07 Å². The van der Waals surface area contributed by atoms with E-state index < -0.39 is 0 Å². The van der Waals surface area contributed by atoms with Crippen LogP contribution in [0.5, 0.6) is 0 Å². The number of carbonyl (C=O) groups is 1. The summed E-state index contributed by atoms with van der Waals surface area (Å²) >= 11 is 1.36. The molecule has 2 N–H and O–H groups in total. The molecular weight excluding hydrogens is 224 g/mol. The van der Waals surface area contributed by atoms with Gasteiger partial charge < -0.3 is 10.2 Å². The number of oxazole rings is 1. The van der Waals surface area contributed by atoms with Crippen LogP contribution in [0.2, 0.25) is 0 Å². The molecule has 0 atom stereocenters. The molecule has 0 aliphatic heterocycles. The van der Waals surface area contributed by atoms with Crippen molar-refractivity contribution in [3.63, 3.8) is 0 Å². The SMILES string of the molecule is CC(=O)c1ccc(Sc2ncco2)cc1N. The van der Waals surface area contributed by atoms with Gasteiger partial charge in [-0.25, -0.2) is 4.98 Å². The molecule has 0 spiro atoms. The first-order valence-corrected chi connectivity index (χ1v) is 5.46. The van der Waals surface area contributed by atoms with Crippen LogP contribution in [0.25, 0.3) is 0 Å². The Bertz CT molecular complexity index is 509. The number of aromatic nitrogens is 1. The van der Waals surface area contributed by atoms with Gasteiger partial charge in [0, 0.05) is 16.1 Å². The molecule has 5 heteroatoms. The average Bonchev–Trinajstić information content (AvgIpc) is 2.70. The third-order valence-corrected chi connectivity index (χ3v) is 2.88. The van der Waals surface area contributed by atoms with Crippen LogP contribution in [0.1, 0.15) is 17.3 Å². The van der Waals surface area contributed by atoms with Gasteiger partial charge in [-0.05, 0) is 36.9 Å². The largest absolute Gasteiger partial charge is 0.440 e. The molecule has 1 heterocycles. The second kappa shape index (κ2) is 4.40. The number of hydrogen-bond donors (Lipinski definition) is 1. The number of benzene rings is 1. The summed E-state index contributed by atoms with van der Waals surface area (Å²) in [7, 11) is 0. The molecule has 16 heavy (non-hydrogen) atoms. The number of anilines is 1. The van der Waals surface area contributed by atoms with E-state index in [1.165, 1.54) is 24.9 Å². The van der Waals surface area contributed by atoms with Crippen LogP contribution >= 0.6 is 11.8 Å². The van der Waals surface area contributed by atoms with E-state index in [4.69, 9.17) is 10.2 Å². The number of ketones is 1. The number of hydrogen-bond acceptors (Lipinski definition) is 5. The van der Waals surface area contributed by atoms with Crippen molar-refractivity contribution in [2.45, 2.75) is 17.0 Å². The molecule has 0 bridgehead atoms. The van der Waals surface area contributed by atoms with Crippen molar-refractivity contribution >= 4 is 23.2 Å². The van der Waals surface area contributed by atoms with Gasteiger partial charge in [0.1, 0.15) is 6.26 Å². The first kappa shape index (κ1) is 10.8. The van der Waals surface area contributed by atoms with Gasteiger partial charge in [-0.1, -0.05) is 0 Å². The van der Waals surface area contributed by atoms with Crippen LogP contribution in [0.15, 0.2) is 45.2 Å². The van der Waals surface area contributed by atoms with E-state index in [0.717, 1.165) is 4.90 Å². The van der Waals surface area contributed by atoms with Gasteiger partial charge in [-0.2, -0.15) is 0 Å². The fourth-order valence-corrected chi connectivity index (χ4v) is 2.03. The Kier molecular flexibility index (Phi) is 2.96. The maximum absolute atomic E-state index is 11.2. The summed E-state index contributed by atoms with van der Waals surface area (Å²) in [5.41, 5.74) is 6.78. The fraction of sp³-hybridized carbons (Fsp3) is 0.0909. The van der Waals surface area contributed by atoms with Crippen molar-refractivity contribution in [3.8, 4) is 0 Å². The summed E-state index contributed by atoms with van der Waals surface area (Å²) < 4.78 is 5.10. The zero-order chi connectivity index (χ0) is 11.5. The quantitative estimate of drug-likeness (QED) is 0.653. The minimum Gasteiger partial charge on any atom is -0.440 e. The van der Waals surface area contributed by atoms with E-state index in [-0.39, 0.29) is 5.78 Å². The van der Waals surface area contributed by atoms with Crippen molar-refractivity contribution in [1.82, 2.24) is 4.98 Å². The van der Waals surface area contributed by atoms with Crippen LogP contribution in [0.4, 0.5) is 5.69 Å². The third-order valence-electron chi connectivity index (χ3n) is 2.02. The summed E-state index contributed by atoms with van der Waals surface area (Å²) in [6.45, 7) is 1.49. The molecule has 2 aromatic rings. The van der Waals surface area contributed by atoms with Crippen molar-refractivity contribution in [3.05, 3.63) is 36.2 Å². The fourth-order valence-electron chi connectivity index (χ4n) is 1.29. The predicted molar refractivity (Wildman–Crippen MR) is 61.5 cm³/mol. The molecule has 0 aliphatic rings. The highest BCUT2D eigenvalue weighted by molar-refractivity contribution is 7.99. The van der Waals surface area contributed by atoms with Gasteiger partial charge in [0.15, 0.2) is 5.78 Å². The summed E-state index contributed by atoms with van der Waals surface area (Å²) in [4.78, 5) is 16.1. The first-order valence-electron chi connectivity index (χ1n) is 4.64. The Morgan fingerprint density at radius 1 is 1.50 bits per heavy atom. The lowest BCUT2D eigenvalue weighted by atomic mass is 10.1. The van der Waals surface area contributed by atoms with E-state index in [9.17, 15) is 4.79 Å². The van der Waals surface area contributed by atoms with Crippen LogP contribution in [-0.2, 0) is 0 Å². The molecule has 0 aliphatic carbocycles. The number of nitrogens with zero attached hydrogens (tertiary/aromatic N) is 1. The Morgan fingerprint density at radius 3 is 2.88 bits per heavy atom. The highest BCUT2D eigenvalue weighted by Crippen LogP contribution is 2.28. The molecule has 0 saturated carbocycles. The van der Waals surface area contributed by atoms with Gasteiger partial charge in [-0.15, -0.1) is 0 Å². The third kappa shape index (κ3) is 2.25. The molecule has 2 rings (SSSR count). The van der Waals surface area contributed by atoms with E-state index in [2.05, 4.69) is 4.98 Å². The van der Waals surface area contributed by atoms with E-state index in [1.54, 1.807) is 18.3 Å². The zero-order valence-electron chi connectivity index (χ0n) is 8.64. The monoisotopic (exact) mass is 234 g/mol. The van der Waals surface area contributed by atoms with Crippen molar-refractivity contribution in [2.24, 2.45) is 0 Å². The van der Waals surface area contributed by atoms with Gasteiger partial charge in [0.25, 0.3) is 5.22 Å². The maximum atomic E-state index is 11.2. The van der Waals surface area contributed by atoms with Crippen molar-refractivity contribution in [1.29, 1.82) is 0 Å². The lowest BCUT2D eigenvalue weighted by Gasteiger charge is -2.03. The zero-order valence-corrected chi connectivity index (χ0v) is 9.45. The number of nitrogens with two attached hydrogens (primary N) is 1. The average molecular weight is 234 g/mol. The van der Waals surface area contributed by atoms with Crippen molar-refractivity contribution in [2.75, 3.05) is 5.73 Å². The summed E-state index contributed by atoms with van der Waals surface area (Å²) in [6, 6.07) is 5.27. The number of rotatable bonds is 3. The lowest BCUT2D eigenvalue weighted by molar-refractivity contribution is 0.101. The summed E-state index contributed by atoms with van der Waals surface area (Å²) in [6.07, 6.45) is 3.09. The number of nitrogen functional groups attached to an aromatic ring is 1. The normalized spacial score (nSPS) is 10.3. The van der Waals surface area contributed by atoms with Crippen molar-refractivity contribution < 1.29 is 9.21 Å². The summed E-state index contributed by atoms with van der Waals surface area (Å²) in [5.74, 6) is -0.0369. The van der Waals surface area contributed by atoms with E-state index in [0.29, 0.717) is 16.5 Å². The molecule has 0 saturated heterocycles. The van der Waals surface area contributed by atoms with Gasteiger partial charge in [0.05, 0.1) is 6.20 Å². The highest BCUT2D eigenvalue weighted by Gasteiger charge is 2.07. The number of carbonyl (C=O) groups excluding carboxylic acids is 1. The topological polar surface area (TPSA) is 69.1 Å². The molecule has 4 nitrogen and oxygen atoms in total. The van der Waals surface area contributed by atoms with Crippen LogP contribution in [0.3, 0.4) is 0 Å². The Hall–Kier alpha value is -1.75. The predicted octanol–water partition coefficient (Wildman–Crippen LogP) is 2.61. The molecule has 82 valence electrons. The molecule has 0 fully saturated rings. The smallest absolute Gasteiger partial charge is 0.260 e. The molecular formula is C11H10N2O2S. The maximum Gasteiger partial charge on any atom is 0.260 e. The molecule has 0 amide bonds. The van der Waals surface area contributed by atoms with Gasteiger partial charge >= 0.3 is 0 Å². The Labute approximate surface area is 96.9 Å². The lowest BCUT2D eigenvalue weighted by Crippen LogP contribution is -1.99. The van der Waals surface area contributed by atoms with Crippen LogP contribution < -0.4 is 5.73 Å². The Balaban J connectivity index is 2.24. The van der Waals surface area contributed by atoms with Gasteiger partial charge in [-0.3, -0.25) is 4.79 Å². The molecule has 0 radical (unpaired) electrons. The molecule has 1 aromatic heterocycles. The second-order valence-electron chi connectivity index (χ2n) is 3.21. The van der Waals surface area contributed by atoms with Gasteiger partial charge in [0.2, 0.25) is 0 Å². The van der Waals surface area contributed by atoms with E-state index >= 15 is 0 Å². The second-order valence-corrected chi connectivity index (χ2v) is 4.23. The molecule has 1 aromatic carbocycles. The minimum absolute atomic E-state index is 0.0369. The standard InChI is InChI=1S/C11H10N2O2S/c1-7(14)9-3-2-8(6-10(9)12)16-11-13-4-5-15-11/h2-6H,12H2,1H3.